The number of halogens is 3. The maximum Gasteiger partial charge on any atom is 0.418 e. The third-order valence-corrected chi connectivity index (χ3v) is 4.83. The second-order valence-corrected chi connectivity index (χ2v) is 6.62. The van der Waals surface area contributed by atoms with Crippen LogP contribution in [0, 0.1) is 0 Å². The van der Waals surface area contributed by atoms with Gasteiger partial charge in [-0.05, 0) is 43.3 Å². The Morgan fingerprint density at radius 2 is 1.59 bits per heavy atom. The van der Waals surface area contributed by atoms with Gasteiger partial charge in [-0.1, -0.05) is 30.3 Å². The van der Waals surface area contributed by atoms with E-state index in [-0.39, 0.29) is 5.69 Å². The third-order valence-electron chi connectivity index (χ3n) is 4.83. The Kier molecular flexibility index (Phi) is 4.66. The van der Waals surface area contributed by atoms with E-state index in [0.717, 1.165) is 34.4 Å². The van der Waals surface area contributed by atoms with Gasteiger partial charge in [0.05, 0.1) is 11.3 Å². The number of benzene rings is 3. The number of fused-ring (bicyclic) bond motifs is 3. The lowest BCUT2D eigenvalue weighted by molar-refractivity contribution is -0.136. The minimum Gasteiger partial charge on any atom is -0.341 e. The molecular formula is C22H18F3N3O. The molecule has 1 aromatic heterocycles. The fraction of sp³-hybridized carbons (Fsp3) is 0.136. The van der Waals surface area contributed by atoms with Crippen LogP contribution in [0.3, 0.4) is 0 Å². The number of alkyl halides is 3. The first kappa shape index (κ1) is 18.9. The summed E-state index contributed by atoms with van der Waals surface area (Å²) in [5.41, 5.74) is 1.43. The van der Waals surface area contributed by atoms with E-state index in [2.05, 4.69) is 22.1 Å². The van der Waals surface area contributed by atoms with Crippen molar-refractivity contribution in [3.8, 4) is 0 Å². The van der Waals surface area contributed by atoms with Gasteiger partial charge in [-0.2, -0.15) is 13.2 Å². The number of anilines is 2. The van der Waals surface area contributed by atoms with Gasteiger partial charge in [0.15, 0.2) is 0 Å². The molecule has 148 valence electrons. The van der Waals surface area contributed by atoms with Crippen LogP contribution in [0.2, 0.25) is 0 Å². The Morgan fingerprint density at radius 1 is 0.897 bits per heavy atom. The number of amides is 2. The summed E-state index contributed by atoms with van der Waals surface area (Å²) in [6.45, 7) is 2.86. The first-order valence-corrected chi connectivity index (χ1v) is 9.13. The number of para-hydroxylation sites is 2. The summed E-state index contributed by atoms with van der Waals surface area (Å²) in [7, 11) is 0. The minimum absolute atomic E-state index is 0.291. The normalized spacial score (nSPS) is 11.7. The summed E-state index contributed by atoms with van der Waals surface area (Å²) in [5, 5.41) is 6.94. The monoisotopic (exact) mass is 397 g/mol. The van der Waals surface area contributed by atoms with Crippen LogP contribution in [-0.4, -0.2) is 10.6 Å². The Morgan fingerprint density at radius 3 is 2.34 bits per heavy atom. The number of hydrogen-bond acceptors (Lipinski definition) is 1. The molecule has 0 radical (unpaired) electrons. The maximum atomic E-state index is 13.1. The van der Waals surface area contributed by atoms with Crippen LogP contribution in [0.5, 0.6) is 0 Å². The zero-order chi connectivity index (χ0) is 20.6. The van der Waals surface area contributed by atoms with Crippen LogP contribution < -0.4 is 10.6 Å². The highest BCUT2D eigenvalue weighted by Crippen LogP contribution is 2.35. The van der Waals surface area contributed by atoms with Gasteiger partial charge in [0.25, 0.3) is 0 Å². The first-order valence-electron chi connectivity index (χ1n) is 9.13. The Labute approximate surface area is 164 Å². The topological polar surface area (TPSA) is 46.1 Å². The van der Waals surface area contributed by atoms with Crippen molar-refractivity contribution in [2.75, 3.05) is 10.6 Å². The van der Waals surface area contributed by atoms with Crippen molar-refractivity contribution in [3.05, 3.63) is 72.3 Å². The van der Waals surface area contributed by atoms with Gasteiger partial charge in [-0.15, -0.1) is 0 Å². The fourth-order valence-electron chi connectivity index (χ4n) is 3.60. The third kappa shape index (κ3) is 3.51. The zero-order valence-electron chi connectivity index (χ0n) is 15.5. The van der Waals surface area contributed by atoms with Gasteiger partial charge in [-0.3, -0.25) is 0 Å². The van der Waals surface area contributed by atoms with Gasteiger partial charge in [0.2, 0.25) is 0 Å². The molecule has 2 amide bonds. The number of hydrogen-bond donors (Lipinski definition) is 2. The maximum absolute atomic E-state index is 13.1. The van der Waals surface area contributed by atoms with Gasteiger partial charge >= 0.3 is 12.2 Å². The van der Waals surface area contributed by atoms with Crippen molar-refractivity contribution >= 4 is 39.2 Å². The summed E-state index contributed by atoms with van der Waals surface area (Å²) in [5.74, 6) is 0. The molecule has 0 fully saturated rings. The molecule has 7 heteroatoms. The Bertz CT molecular complexity index is 1210. The summed E-state index contributed by atoms with van der Waals surface area (Å²) >= 11 is 0. The largest absolute Gasteiger partial charge is 0.418 e. The second-order valence-electron chi connectivity index (χ2n) is 6.62. The molecule has 0 saturated carbocycles. The Hall–Kier alpha value is -3.48. The number of urea groups is 1. The molecule has 0 saturated heterocycles. The van der Waals surface area contributed by atoms with Crippen molar-refractivity contribution in [2.24, 2.45) is 0 Å². The first-order chi connectivity index (χ1) is 13.9. The number of aromatic nitrogens is 1. The smallest absolute Gasteiger partial charge is 0.341 e. The molecule has 0 aliphatic heterocycles. The molecule has 0 aliphatic rings. The number of carbonyl (C=O) groups excluding carboxylic acids is 1. The highest BCUT2D eigenvalue weighted by atomic mass is 19.4. The van der Waals surface area contributed by atoms with E-state index in [1.54, 1.807) is 6.07 Å². The van der Waals surface area contributed by atoms with E-state index in [1.165, 1.54) is 18.2 Å². The number of carbonyl (C=O) groups is 1. The van der Waals surface area contributed by atoms with Gasteiger partial charge in [0, 0.05) is 34.0 Å². The van der Waals surface area contributed by atoms with Crippen molar-refractivity contribution in [1.82, 2.24) is 4.57 Å². The van der Waals surface area contributed by atoms with Crippen molar-refractivity contribution in [3.63, 3.8) is 0 Å². The van der Waals surface area contributed by atoms with E-state index in [4.69, 9.17) is 0 Å². The van der Waals surface area contributed by atoms with Crippen LogP contribution in [0.4, 0.5) is 29.3 Å². The van der Waals surface area contributed by atoms with E-state index in [0.29, 0.717) is 5.69 Å². The van der Waals surface area contributed by atoms with Gasteiger partial charge in [-0.25, -0.2) is 4.79 Å². The molecule has 0 spiro atoms. The highest BCUT2D eigenvalue weighted by Gasteiger charge is 2.33. The van der Waals surface area contributed by atoms with E-state index >= 15 is 0 Å². The summed E-state index contributed by atoms with van der Waals surface area (Å²) < 4.78 is 41.5. The van der Waals surface area contributed by atoms with E-state index in [1.807, 2.05) is 36.4 Å². The van der Waals surface area contributed by atoms with E-state index in [9.17, 15) is 18.0 Å². The van der Waals surface area contributed by atoms with Gasteiger partial charge in [0.1, 0.15) is 0 Å². The number of nitrogens with one attached hydrogen (secondary N) is 2. The zero-order valence-corrected chi connectivity index (χ0v) is 15.5. The fourth-order valence-corrected chi connectivity index (χ4v) is 3.60. The number of aryl methyl sites for hydroxylation is 1. The molecule has 29 heavy (non-hydrogen) atoms. The molecule has 4 nitrogen and oxygen atoms in total. The Balaban J connectivity index is 1.64. The van der Waals surface area contributed by atoms with E-state index < -0.39 is 17.8 Å². The summed E-state index contributed by atoms with van der Waals surface area (Å²) in [6, 6.07) is 17.6. The van der Waals surface area contributed by atoms with Crippen LogP contribution >= 0.6 is 0 Å². The molecule has 0 aliphatic carbocycles. The molecule has 3 aromatic carbocycles. The van der Waals surface area contributed by atoms with Crippen molar-refractivity contribution < 1.29 is 18.0 Å². The van der Waals surface area contributed by atoms with Crippen molar-refractivity contribution in [2.45, 2.75) is 19.6 Å². The number of nitrogens with zero attached hydrogens (tertiary/aromatic N) is 1. The molecule has 2 N–H and O–H groups in total. The molecule has 4 aromatic rings. The average molecular weight is 397 g/mol. The SMILES string of the molecule is CCn1c2ccccc2c2cc(NC(=O)Nc3ccccc3C(F)(F)F)ccc21. The predicted molar refractivity (Wildman–Crippen MR) is 109 cm³/mol. The van der Waals surface area contributed by atoms with Crippen LogP contribution in [0.15, 0.2) is 66.7 Å². The average Bonchev–Trinajstić information content (AvgIpc) is 3.00. The lowest BCUT2D eigenvalue weighted by Crippen LogP contribution is -2.21. The van der Waals surface area contributed by atoms with Crippen molar-refractivity contribution in [1.29, 1.82) is 0 Å². The highest BCUT2D eigenvalue weighted by molar-refractivity contribution is 6.10. The quantitative estimate of drug-likeness (QED) is 0.408. The molecular weight excluding hydrogens is 379 g/mol. The molecule has 4 rings (SSSR count). The summed E-state index contributed by atoms with van der Waals surface area (Å²) in [4.78, 5) is 12.3. The standard InChI is InChI=1S/C22H18F3N3O/c1-2-28-19-10-6-3-7-15(19)16-13-14(11-12-20(16)28)26-21(29)27-18-9-5-4-8-17(18)22(23,24)25/h3-13H,2H2,1H3,(H2,26,27,29). The minimum atomic E-state index is -4.55. The van der Waals surface area contributed by atoms with Crippen LogP contribution in [0.25, 0.3) is 21.8 Å². The lowest BCUT2D eigenvalue weighted by atomic mass is 10.1. The van der Waals surface area contributed by atoms with Gasteiger partial charge < -0.3 is 15.2 Å². The number of rotatable bonds is 3. The van der Waals surface area contributed by atoms with Crippen LogP contribution in [0.1, 0.15) is 12.5 Å². The summed E-state index contributed by atoms with van der Waals surface area (Å²) in [6.07, 6.45) is -4.55. The molecule has 0 unspecified atom stereocenters. The lowest BCUT2D eigenvalue weighted by Gasteiger charge is -2.14. The predicted octanol–water partition coefficient (Wildman–Crippen LogP) is 6.48. The molecule has 0 bridgehead atoms. The molecule has 0 atom stereocenters. The second kappa shape index (κ2) is 7.16. The van der Waals surface area contributed by atoms with Crippen LogP contribution in [-0.2, 0) is 12.7 Å². The molecule has 1 heterocycles.